The number of nitrogens with zero attached hydrogens (tertiary/aromatic N) is 4. The number of nitrogens with two attached hydrogens (primary N) is 1. The molecule has 0 aliphatic carbocycles. The van der Waals surface area contributed by atoms with Crippen molar-refractivity contribution in [2.45, 2.75) is 6.42 Å². The maximum atomic E-state index is 5.62. The van der Waals surface area contributed by atoms with Crippen LogP contribution in [-0.2, 0) is 13.5 Å². The molecule has 3 aromatic rings. The van der Waals surface area contributed by atoms with Gasteiger partial charge in [0, 0.05) is 19.7 Å². The van der Waals surface area contributed by atoms with E-state index < -0.39 is 0 Å². The smallest absolute Gasteiger partial charge is 0.142 e. The van der Waals surface area contributed by atoms with Gasteiger partial charge in [0.1, 0.15) is 11.6 Å². The molecule has 0 aliphatic rings. The van der Waals surface area contributed by atoms with Crippen molar-refractivity contribution in [3.05, 3.63) is 48.2 Å². The van der Waals surface area contributed by atoms with E-state index >= 15 is 0 Å². The Morgan fingerprint density at radius 2 is 2.00 bits per heavy atom. The lowest BCUT2D eigenvalue weighted by atomic mass is 10.3. The first kappa shape index (κ1) is 10.7. The molecule has 0 unspecified atom stereocenters. The molecule has 0 saturated carbocycles. The van der Waals surface area contributed by atoms with E-state index in [0.29, 0.717) is 12.2 Å². The molecule has 0 saturated heterocycles. The molecular weight excluding hydrogens is 226 g/mol. The fourth-order valence-corrected chi connectivity index (χ4v) is 2.02. The van der Waals surface area contributed by atoms with Gasteiger partial charge in [-0.2, -0.15) is 0 Å². The Kier molecular flexibility index (Phi) is 2.44. The fraction of sp³-hybridized carbons (Fsp3) is 0.154. The number of anilines is 1. The molecule has 0 spiro atoms. The molecule has 0 radical (unpaired) electrons. The van der Waals surface area contributed by atoms with E-state index in [4.69, 9.17) is 5.73 Å². The number of hydrogen-bond acceptors (Lipinski definition) is 4. The highest BCUT2D eigenvalue weighted by molar-refractivity contribution is 5.75. The summed E-state index contributed by atoms with van der Waals surface area (Å²) in [5, 5.41) is 0. The number of nitrogen functional groups attached to an aromatic ring is 1. The third-order valence-corrected chi connectivity index (χ3v) is 2.92. The molecule has 2 N–H and O–H groups in total. The molecule has 5 heteroatoms. The van der Waals surface area contributed by atoms with E-state index in [1.54, 1.807) is 12.4 Å². The molecule has 5 nitrogen and oxygen atoms in total. The van der Waals surface area contributed by atoms with Gasteiger partial charge >= 0.3 is 0 Å². The van der Waals surface area contributed by atoms with Crippen molar-refractivity contribution in [3.8, 4) is 0 Å². The quantitative estimate of drug-likeness (QED) is 0.736. The Bertz CT molecular complexity index is 701. The van der Waals surface area contributed by atoms with Crippen LogP contribution in [0.3, 0.4) is 0 Å². The van der Waals surface area contributed by atoms with Crippen molar-refractivity contribution in [1.82, 2.24) is 19.5 Å². The molecule has 0 atom stereocenters. The van der Waals surface area contributed by atoms with Gasteiger partial charge in [0.25, 0.3) is 0 Å². The van der Waals surface area contributed by atoms with Crippen molar-refractivity contribution in [1.29, 1.82) is 0 Å². The van der Waals surface area contributed by atoms with Gasteiger partial charge in [0.2, 0.25) is 0 Å². The van der Waals surface area contributed by atoms with Crippen molar-refractivity contribution in [2.75, 3.05) is 5.73 Å². The van der Waals surface area contributed by atoms with Crippen LogP contribution in [0.4, 0.5) is 5.82 Å². The molecular formula is C13H13N5. The lowest BCUT2D eigenvalue weighted by molar-refractivity contribution is 0.829. The van der Waals surface area contributed by atoms with Gasteiger partial charge in [-0.25, -0.2) is 9.97 Å². The second-order valence-electron chi connectivity index (χ2n) is 4.19. The summed E-state index contributed by atoms with van der Waals surface area (Å²) in [7, 11) is 2.00. The molecule has 90 valence electrons. The largest absolute Gasteiger partial charge is 0.382 e. The number of aryl methyl sites for hydroxylation is 1. The second kappa shape index (κ2) is 4.10. The van der Waals surface area contributed by atoms with Crippen molar-refractivity contribution < 1.29 is 0 Å². The summed E-state index contributed by atoms with van der Waals surface area (Å²) in [6.07, 6.45) is 3.89. The van der Waals surface area contributed by atoms with E-state index in [2.05, 4.69) is 25.6 Å². The summed E-state index contributed by atoms with van der Waals surface area (Å²) in [6.45, 7) is 0. The van der Waals surface area contributed by atoms with Crippen LogP contribution in [0.15, 0.2) is 36.7 Å². The van der Waals surface area contributed by atoms with Gasteiger partial charge < -0.3 is 10.3 Å². The zero-order valence-electron chi connectivity index (χ0n) is 10.0. The molecule has 0 bridgehead atoms. The van der Waals surface area contributed by atoms with Crippen LogP contribution in [0.2, 0.25) is 0 Å². The average molecular weight is 239 g/mol. The van der Waals surface area contributed by atoms with E-state index in [0.717, 1.165) is 22.6 Å². The summed E-state index contributed by atoms with van der Waals surface area (Å²) in [5.74, 6) is 1.39. The first-order chi connectivity index (χ1) is 8.74. The van der Waals surface area contributed by atoms with Gasteiger partial charge in [0.15, 0.2) is 0 Å². The second-order valence-corrected chi connectivity index (χ2v) is 4.19. The number of para-hydroxylation sites is 2. The van der Waals surface area contributed by atoms with Crippen molar-refractivity contribution >= 4 is 16.9 Å². The molecule has 0 aliphatic heterocycles. The first-order valence-electron chi connectivity index (χ1n) is 5.71. The van der Waals surface area contributed by atoms with Gasteiger partial charge in [-0.3, -0.25) is 4.98 Å². The van der Waals surface area contributed by atoms with Crippen molar-refractivity contribution in [2.24, 2.45) is 7.05 Å². The monoisotopic (exact) mass is 239 g/mol. The van der Waals surface area contributed by atoms with Crippen LogP contribution >= 0.6 is 0 Å². The third-order valence-electron chi connectivity index (χ3n) is 2.92. The molecule has 2 heterocycles. The van der Waals surface area contributed by atoms with Crippen LogP contribution in [-0.4, -0.2) is 19.5 Å². The first-order valence-corrected chi connectivity index (χ1v) is 5.71. The Balaban J connectivity index is 2.02. The minimum Gasteiger partial charge on any atom is -0.382 e. The molecule has 2 aromatic heterocycles. The third kappa shape index (κ3) is 1.79. The highest BCUT2D eigenvalue weighted by atomic mass is 15.1. The van der Waals surface area contributed by atoms with Crippen LogP contribution < -0.4 is 5.73 Å². The number of imidazole rings is 1. The van der Waals surface area contributed by atoms with Crippen LogP contribution in [0.25, 0.3) is 11.0 Å². The number of aromatic nitrogens is 4. The Morgan fingerprint density at radius 3 is 2.78 bits per heavy atom. The Morgan fingerprint density at radius 1 is 1.17 bits per heavy atom. The van der Waals surface area contributed by atoms with E-state index in [1.807, 2.05) is 25.2 Å². The summed E-state index contributed by atoms with van der Waals surface area (Å²) >= 11 is 0. The predicted octanol–water partition coefficient (Wildman–Crippen LogP) is 1.54. The molecule has 0 amide bonds. The average Bonchev–Trinajstić information content (AvgIpc) is 2.67. The zero-order valence-corrected chi connectivity index (χ0v) is 10.0. The summed E-state index contributed by atoms with van der Waals surface area (Å²) in [5.41, 5.74) is 8.56. The van der Waals surface area contributed by atoms with Gasteiger partial charge in [-0.05, 0) is 12.1 Å². The maximum Gasteiger partial charge on any atom is 0.142 e. The Hall–Kier alpha value is -2.43. The van der Waals surface area contributed by atoms with Crippen molar-refractivity contribution in [3.63, 3.8) is 0 Å². The lowest BCUT2D eigenvalue weighted by Gasteiger charge is -2.02. The molecule has 18 heavy (non-hydrogen) atoms. The maximum absolute atomic E-state index is 5.62. The minimum atomic E-state index is 0.436. The highest BCUT2D eigenvalue weighted by Crippen LogP contribution is 2.16. The SMILES string of the molecule is Cn1c(Cc2cncc(N)n2)nc2ccccc21. The Labute approximate surface area is 104 Å². The fourth-order valence-electron chi connectivity index (χ4n) is 2.02. The van der Waals surface area contributed by atoms with Gasteiger partial charge in [-0.15, -0.1) is 0 Å². The van der Waals surface area contributed by atoms with E-state index in [-0.39, 0.29) is 0 Å². The molecule has 0 fully saturated rings. The van der Waals surface area contributed by atoms with Gasteiger partial charge in [-0.1, -0.05) is 12.1 Å². The van der Waals surface area contributed by atoms with E-state index in [1.165, 1.54) is 0 Å². The van der Waals surface area contributed by atoms with Gasteiger partial charge in [0.05, 0.1) is 22.9 Å². The minimum absolute atomic E-state index is 0.436. The van der Waals surface area contributed by atoms with Crippen LogP contribution in [0, 0.1) is 0 Å². The standard InChI is InChI=1S/C13H13N5/c1-18-11-5-3-2-4-10(11)17-13(18)6-9-7-15-8-12(14)16-9/h2-5,7-8H,6H2,1H3,(H2,14,16). The molecule has 1 aromatic carbocycles. The van der Waals surface area contributed by atoms with E-state index in [9.17, 15) is 0 Å². The summed E-state index contributed by atoms with van der Waals surface area (Å²) in [6, 6.07) is 8.05. The summed E-state index contributed by atoms with van der Waals surface area (Å²) < 4.78 is 2.07. The topological polar surface area (TPSA) is 69.6 Å². The predicted molar refractivity (Wildman–Crippen MR) is 70.0 cm³/mol. The van der Waals surface area contributed by atoms with Crippen LogP contribution in [0.5, 0.6) is 0 Å². The number of rotatable bonds is 2. The number of hydrogen-bond donors (Lipinski definition) is 1. The summed E-state index contributed by atoms with van der Waals surface area (Å²) in [4.78, 5) is 12.9. The zero-order chi connectivity index (χ0) is 12.5. The lowest BCUT2D eigenvalue weighted by Crippen LogP contribution is -2.03. The van der Waals surface area contributed by atoms with Crippen LogP contribution in [0.1, 0.15) is 11.5 Å². The number of benzene rings is 1. The molecule has 3 rings (SSSR count). The highest BCUT2D eigenvalue weighted by Gasteiger charge is 2.08. The normalized spacial score (nSPS) is 10.9. The number of fused-ring (bicyclic) bond motifs is 1.